The number of amides is 1. The first-order chi connectivity index (χ1) is 12.3. The molecule has 0 aliphatic heterocycles. The van der Waals surface area contributed by atoms with Crippen LogP contribution in [-0.4, -0.2) is 23.2 Å². The van der Waals surface area contributed by atoms with Gasteiger partial charge in [-0.15, -0.1) is 0 Å². The normalized spacial score (nSPS) is 34.9. The average Bonchev–Trinajstić information content (AvgIpc) is 2.51. The zero-order valence-electron chi connectivity index (χ0n) is 14.7. The second-order valence-electron chi connectivity index (χ2n) is 8.66. The number of aliphatic hydroxyl groups is 1. The molecule has 142 valence electrons. The first-order valence-electron chi connectivity index (χ1n) is 9.36. The van der Waals surface area contributed by atoms with E-state index < -0.39 is 12.2 Å². The van der Waals surface area contributed by atoms with E-state index in [4.69, 9.17) is 0 Å². The molecule has 2 atom stereocenters. The summed E-state index contributed by atoms with van der Waals surface area (Å²) >= 11 is 0. The molecule has 26 heavy (non-hydrogen) atoms. The molecule has 1 amide bonds. The van der Waals surface area contributed by atoms with Crippen molar-refractivity contribution in [1.29, 1.82) is 0 Å². The molecule has 1 aromatic rings. The van der Waals surface area contributed by atoms with Crippen molar-refractivity contribution in [2.45, 2.75) is 63.7 Å². The summed E-state index contributed by atoms with van der Waals surface area (Å²) in [6.45, 7) is -2.48. The second kappa shape index (κ2) is 6.48. The van der Waals surface area contributed by atoms with E-state index in [1.54, 1.807) is 12.1 Å². The van der Waals surface area contributed by atoms with E-state index in [0.717, 1.165) is 37.7 Å². The van der Waals surface area contributed by atoms with Crippen molar-refractivity contribution < 1.29 is 23.4 Å². The highest BCUT2D eigenvalue weighted by molar-refractivity contribution is 5.76. The number of rotatable bonds is 6. The number of halogens is 2. The van der Waals surface area contributed by atoms with Gasteiger partial charge in [0.1, 0.15) is 5.75 Å². The Hall–Kier alpha value is -1.69. The summed E-state index contributed by atoms with van der Waals surface area (Å²) in [6.07, 6.45) is 6.34. The Bertz CT molecular complexity index is 662. The quantitative estimate of drug-likeness (QED) is 0.809. The molecule has 0 aromatic heterocycles. The van der Waals surface area contributed by atoms with E-state index in [2.05, 4.69) is 10.1 Å². The standard InChI is InChI=1S/C20H25F2NO3/c21-18(22)26-16-3-1-13(2-4-16)11-23-17(24)10-19-6-14-5-15(7-19)9-20(25,8-14)12-19/h1-4,14-15,18,25H,5-12H2,(H,23,24). The minimum Gasteiger partial charge on any atom is -0.435 e. The lowest BCUT2D eigenvalue weighted by atomic mass is 9.47. The number of hydrogen-bond donors (Lipinski definition) is 2. The Morgan fingerprint density at radius 3 is 2.42 bits per heavy atom. The zero-order valence-corrected chi connectivity index (χ0v) is 14.7. The molecule has 4 aliphatic carbocycles. The number of nitrogens with one attached hydrogen (secondary N) is 1. The molecule has 0 spiro atoms. The van der Waals surface area contributed by atoms with Gasteiger partial charge in [0.25, 0.3) is 0 Å². The second-order valence-corrected chi connectivity index (χ2v) is 8.66. The van der Waals surface area contributed by atoms with Crippen molar-refractivity contribution in [1.82, 2.24) is 5.32 Å². The Morgan fingerprint density at radius 1 is 1.19 bits per heavy atom. The SMILES string of the molecule is O=C(CC12CC3CC(CC(O)(C3)C1)C2)NCc1ccc(OC(F)F)cc1. The molecule has 6 heteroatoms. The average molecular weight is 365 g/mol. The lowest BCUT2D eigenvalue weighted by Gasteiger charge is -2.60. The molecule has 1 aromatic carbocycles. The molecule has 0 radical (unpaired) electrons. The van der Waals surface area contributed by atoms with Crippen LogP contribution >= 0.6 is 0 Å². The monoisotopic (exact) mass is 365 g/mol. The summed E-state index contributed by atoms with van der Waals surface area (Å²) in [4.78, 5) is 12.5. The van der Waals surface area contributed by atoms with Crippen molar-refractivity contribution in [3.63, 3.8) is 0 Å². The fraction of sp³-hybridized carbons (Fsp3) is 0.650. The number of carbonyl (C=O) groups is 1. The summed E-state index contributed by atoms with van der Waals surface area (Å²) < 4.78 is 28.6. The highest BCUT2D eigenvalue weighted by Gasteiger charge is 2.57. The molecule has 4 bridgehead atoms. The molecule has 2 N–H and O–H groups in total. The third kappa shape index (κ3) is 3.70. The molecule has 4 aliphatic rings. The van der Waals surface area contributed by atoms with Crippen LogP contribution in [0, 0.1) is 17.3 Å². The van der Waals surface area contributed by atoms with Crippen molar-refractivity contribution in [2.24, 2.45) is 17.3 Å². The topological polar surface area (TPSA) is 58.6 Å². The Balaban J connectivity index is 1.32. The predicted octanol–water partition coefficient (Wildman–Crippen LogP) is 3.63. The molecule has 4 nitrogen and oxygen atoms in total. The maximum Gasteiger partial charge on any atom is 0.387 e. The number of alkyl halides is 2. The lowest BCUT2D eigenvalue weighted by molar-refractivity contribution is -0.169. The van der Waals surface area contributed by atoms with Crippen molar-refractivity contribution in [3.05, 3.63) is 29.8 Å². The van der Waals surface area contributed by atoms with Crippen LogP contribution < -0.4 is 10.1 Å². The van der Waals surface area contributed by atoms with Gasteiger partial charge >= 0.3 is 6.61 Å². The van der Waals surface area contributed by atoms with Crippen molar-refractivity contribution >= 4 is 5.91 Å². The number of hydrogen-bond acceptors (Lipinski definition) is 3. The van der Waals surface area contributed by atoms with E-state index in [9.17, 15) is 18.7 Å². The Morgan fingerprint density at radius 2 is 1.85 bits per heavy atom. The largest absolute Gasteiger partial charge is 0.435 e. The fourth-order valence-electron chi connectivity index (χ4n) is 6.00. The van der Waals surface area contributed by atoms with Crippen LogP contribution in [0.4, 0.5) is 8.78 Å². The molecule has 2 unspecified atom stereocenters. The highest BCUT2D eigenvalue weighted by atomic mass is 19.3. The van der Waals surface area contributed by atoms with Crippen LogP contribution in [0.1, 0.15) is 50.5 Å². The van der Waals surface area contributed by atoms with Gasteiger partial charge < -0.3 is 15.2 Å². The van der Waals surface area contributed by atoms with Crippen LogP contribution in [0.5, 0.6) is 5.75 Å². The van der Waals surface area contributed by atoms with Crippen LogP contribution in [-0.2, 0) is 11.3 Å². The van der Waals surface area contributed by atoms with Gasteiger partial charge in [-0.3, -0.25) is 4.79 Å². The van der Waals surface area contributed by atoms with Gasteiger partial charge in [-0.1, -0.05) is 12.1 Å². The molecule has 0 saturated heterocycles. The predicted molar refractivity (Wildman–Crippen MR) is 91.6 cm³/mol. The van der Waals surface area contributed by atoms with E-state index in [0.29, 0.717) is 24.8 Å². The molecule has 4 saturated carbocycles. The first-order valence-corrected chi connectivity index (χ1v) is 9.36. The van der Waals surface area contributed by atoms with Gasteiger partial charge in [-0.05, 0) is 73.5 Å². The van der Waals surface area contributed by atoms with Gasteiger partial charge in [0.2, 0.25) is 5.91 Å². The lowest BCUT2D eigenvalue weighted by Crippen LogP contribution is -2.56. The molecular weight excluding hydrogens is 340 g/mol. The first kappa shape index (κ1) is 17.7. The Kier molecular flexibility index (Phi) is 4.41. The maximum absolute atomic E-state index is 12.5. The van der Waals surface area contributed by atoms with Crippen LogP contribution in [0.25, 0.3) is 0 Å². The van der Waals surface area contributed by atoms with Gasteiger partial charge in [0.15, 0.2) is 0 Å². The third-order valence-electron chi connectivity index (χ3n) is 6.33. The van der Waals surface area contributed by atoms with Gasteiger partial charge in [-0.2, -0.15) is 8.78 Å². The van der Waals surface area contributed by atoms with E-state index >= 15 is 0 Å². The van der Waals surface area contributed by atoms with Gasteiger partial charge in [-0.25, -0.2) is 0 Å². The molecule has 0 heterocycles. The summed E-state index contributed by atoms with van der Waals surface area (Å²) in [5.41, 5.74) is 0.243. The van der Waals surface area contributed by atoms with E-state index in [1.807, 2.05) is 0 Å². The van der Waals surface area contributed by atoms with Crippen molar-refractivity contribution in [2.75, 3.05) is 0 Å². The van der Waals surface area contributed by atoms with Crippen LogP contribution in [0.2, 0.25) is 0 Å². The van der Waals surface area contributed by atoms with Crippen LogP contribution in [0.15, 0.2) is 24.3 Å². The highest BCUT2D eigenvalue weighted by Crippen LogP contribution is 2.62. The minimum absolute atomic E-state index is 0.00320. The summed E-state index contributed by atoms with van der Waals surface area (Å²) in [7, 11) is 0. The smallest absolute Gasteiger partial charge is 0.387 e. The zero-order chi connectivity index (χ0) is 18.4. The van der Waals surface area contributed by atoms with Crippen LogP contribution in [0.3, 0.4) is 0 Å². The summed E-state index contributed by atoms with van der Waals surface area (Å²) in [5.74, 6) is 1.24. The van der Waals surface area contributed by atoms with E-state index in [1.165, 1.54) is 18.6 Å². The number of ether oxygens (including phenoxy) is 1. The fourth-order valence-corrected chi connectivity index (χ4v) is 6.00. The molecule has 5 rings (SSSR count). The van der Waals surface area contributed by atoms with Gasteiger partial charge in [0.05, 0.1) is 5.60 Å². The Labute approximate surface area is 151 Å². The maximum atomic E-state index is 12.5. The third-order valence-corrected chi connectivity index (χ3v) is 6.33. The summed E-state index contributed by atoms with van der Waals surface area (Å²) in [5, 5.41) is 13.7. The van der Waals surface area contributed by atoms with E-state index in [-0.39, 0.29) is 17.1 Å². The molecule has 4 fully saturated rings. The summed E-state index contributed by atoms with van der Waals surface area (Å²) in [6, 6.07) is 6.29. The number of carbonyl (C=O) groups excluding carboxylic acids is 1. The van der Waals surface area contributed by atoms with Crippen molar-refractivity contribution in [3.8, 4) is 5.75 Å². The number of benzene rings is 1. The van der Waals surface area contributed by atoms with Gasteiger partial charge in [0, 0.05) is 13.0 Å². The minimum atomic E-state index is -2.84. The molecular formula is C20H25F2NO3.